The van der Waals surface area contributed by atoms with Crippen molar-refractivity contribution in [1.82, 2.24) is 20.2 Å². The lowest BCUT2D eigenvalue weighted by molar-refractivity contribution is -0.138. The minimum absolute atomic E-state index is 0.188. The first kappa shape index (κ1) is 19.3. The fourth-order valence-corrected chi connectivity index (χ4v) is 3.81. The summed E-state index contributed by atoms with van der Waals surface area (Å²) >= 11 is 0. The van der Waals surface area contributed by atoms with E-state index in [1.807, 2.05) is 35.2 Å². The molecule has 2 fully saturated rings. The van der Waals surface area contributed by atoms with E-state index in [0.717, 1.165) is 18.4 Å². The first-order chi connectivity index (χ1) is 14.1. The van der Waals surface area contributed by atoms with Gasteiger partial charge in [0.05, 0.1) is 12.0 Å². The molecule has 4 rings (SSSR count). The lowest BCUT2D eigenvalue weighted by Gasteiger charge is -2.36. The molecule has 1 aromatic carbocycles. The van der Waals surface area contributed by atoms with Crippen LogP contribution in [0.3, 0.4) is 0 Å². The van der Waals surface area contributed by atoms with E-state index in [1.54, 1.807) is 23.4 Å². The van der Waals surface area contributed by atoms with Gasteiger partial charge in [0, 0.05) is 38.6 Å². The number of nitrogens with one attached hydrogen (secondary N) is 1. The Morgan fingerprint density at radius 3 is 2.28 bits per heavy atom. The number of carbonyl (C=O) groups excluding carboxylic acids is 2. The Morgan fingerprint density at radius 1 is 1.03 bits per heavy atom. The predicted octanol–water partition coefficient (Wildman–Crippen LogP) is 0.334. The normalized spacial score (nSPS) is 18.8. The first-order valence-corrected chi connectivity index (χ1v) is 9.92. The molecule has 2 aromatic rings. The molecule has 0 spiro atoms. The van der Waals surface area contributed by atoms with Crippen LogP contribution in [0.5, 0.6) is 0 Å². The third kappa shape index (κ3) is 3.93. The van der Waals surface area contributed by atoms with E-state index in [2.05, 4.69) is 15.3 Å². The van der Waals surface area contributed by atoms with Crippen LogP contribution in [0, 0.1) is 0 Å². The second-order valence-electron chi connectivity index (χ2n) is 7.52. The van der Waals surface area contributed by atoms with Gasteiger partial charge >= 0.3 is 0 Å². The molecule has 1 aliphatic carbocycles. The monoisotopic (exact) mass is 395 g/mol. The highest BCUT2D eigenvalue weighted by molar-refractivity contribution is 5.95. The molecular weight excluding hydrogens is 370 g/mol. The van der Waals surface area contributed by atoms with E-state index in [1.165, 1.54) is 0 Å². The Labute approximate surface area is 169 Å². The number of benzene rings is 1. The Morgan fingerprint density at radius 2 is 1.69 bits per heavy atom. The largest absolute Gasteiger partial charge is 0.394 e. The topological polar surface area (TPSA) is 98.7 Å². The molecule has 0 bridgehead atoms. The number of piperazine rings is 1. The van der Waals surface area contributed by atoms with Gasteiger partial charge in [0.15, 0.2) is 0 Å². The van der Waals surface area contributed by atoms with Gasteiger partial charge in [0.25, 0.3) is 0 Å². The second-order valence-corrected chi connectivity index (χ2v) is 7.52. The molecule has 1 unspecified atom stereocenters. The highest BCUT2D eigenvalue weighted by Crippen LogP contribution is 2.48. The van der Waals surface area contributed by atoms with Gasteiger partial charge in [-0.15, -0.1) is 0 Å². The van der Waals surface area contributed by atoms with Crippen LogP contribution in [0.1, 0.15) is 18.4 Å². The molecule has 29 heavy (non-hydrogen) atoms. The van der Waals surface area contributed by atoms with Crippen LogP contribution >= 0.6 is 0 Å². The van der Waals surface area contributed by atoms with Crippen LogP contribution in [-0.4, -0.2) is 70.6 Å². The van der Waals surface area contributed by atoms with Gasteiger partial charge in [-0.2, -0.15) is 0 Å². The van der Waals surface area contributed by atoms with Gasteiger partial charge < -0.3 is 20.2 Å². The van der Waals surface area contributed by atoms with Crippen molar-refractivity contribution >= 4 is 17.8 Å². The van der Waals surface area contributed by atoms with E-state index in [4.69, 9.17) is 0 Å². The molecule has 1 aliphatic heterocycles. The number of aliphatic hydroxyl groups excluding tert-OH is 1. The van der Waals surface area contributed by atoms with Crippen molar-refractivity contribution in [2.24, 2.45) is 0 Å². The van der Waals surface area contributed by atoms with Gasteiger partial charge in [0.1, 0.15) is 6.04 Å². The Kier molecular flexibility index (Phi) is 5.44. The number of anilines is 1. The van der Waals surface area contributed by atoms with Gasteiger partial charge in [0.2, 0.25) is 17.8 Å². The lowest BCUT2D eigenvalue weighted by Crippen LogP contribution is -2.57. The summed E-state index contributed by atoms with van der Waals surface area (Å²) in [6.45, 7) is 1.78. The third-order valence-corrected chi connectivity index (χ3v) is 5.72. The van der Waals surface area contributed by atoms with Crippen LogP contribution in [-0.2, 0) is 15.0 Å². The summed E-state index contributed by atoms with van der Waals surface area (Å²) in [6.07, 6.45) is 4.89. The zero-order chi connectivity index (χ0) is 20.3. The zero-order valence-corrected chi connectivity index (χ0v) is 16.2. The molecule has 1 saturated carbocycles. The maximum absolute atomic E-state index is 12.9. The van der Waals surface area contributed by atoms with Crippen molar-refractivity contribution in [3.05, 3.63) is 54.4 Å². The fourth-order valence-electron chi connectivity index (χ4n) is 3.81. The number of nitrogens with zero attached hydrogens (tertiary/aromatic N) is 4. The van der Waals surface area contributed by atoms with E-state index < -0.39 is 18.1 Å². The van der Waals surface area contributed by atoms with E-state index in [-0.39, 0.29) is 11.8 Å². The van der Waals surface area contributed by atoms with Crippen molar-refractivity contribution in [2.45, 2.75) is 24.3 Å². The van der Waals surface area contributed by atoms with Crippen LogP contribution in [0.15, 0.2) is 48.8 Å². The van der Waals surface area contributed by atoms with Crippen molar-refractivity contribution in [2.75, 3.05) is 37.7 Å². The molecule has 152 valence electrons. The quantitative estimate of drug-likeness (QED) is 0.732. The number of carbonyl (C=O) groups is 2. The zero-order valence-electron chi connectivity index (χ0n) is 16.2. The summed E-state index contributed by atoms with van der Waals surface area (Å²) in [6, 6.07) is 10.4. The van der Waals surface area contributed by atoms with Gasteiger partial charge in [-0.25, -0.2) is 9.97 Å². The summed E-state index contributed by atoms with van der Waals surface area (Å²) in [4.78, 5) is 38.0. The van der Waals surface area contributed by atoms with Crippen molar-refractivity contribution < 1.29 is 14.7 Å². The standard InChI is InChI=1S/C21H25N5O3/c27-15-17(24-19(29)21(7-8-21)16-5-2-1-3-6-16)18(28)25-11-13-26(14-12-25)20-22-9-4-10-23-20/h1-6,9-10,17,27H,7-8,11-15H2,(H,24,29). The van der Waals surface area contributed by atoms with Crippen molar-refractivity contribution in [3.63, 3.8) is 0 Å². The Bertz CT molecular complexity index is 849. The molecular formula is C21H25N5O3. The van der Waals surface area contributed by atoms with E-state index in [9.17, 15) is 14.7 Å². The van der Waals surface area contributed by atoms with Crippen LogP contribution in [0.2, 0.25) is 0 Å². The fraction of sp³-hybridized carbons (Fsp3) is 0.429. The molecule has 2 heterocycles. The Hall–Kier alpha value is -3.00. The van der Waals surface area contributed by atoms with E-state index >= 15 is 0 Å². The maximum Gasteiger partial charge on any atom is 0.247 e. The molecule has 1 atom stereocenters. The molecule has 1 aromatic heterocycles. The van der Waals surface area contributed by atoms with E-state index in [0.29, 0.717) is 32.1 Å². The van der Waals surface area contributed by atoms with Gasteiger partial charge in [-0.3, -0.25) is 9.59 Å². The minimum atomic E-state index is -0.928. The lowest BCUT2D eigenvalue weighted by atomic mass is 9.94. The van der Waals surface area contributed by atoms with Crippen LogP contribution < -0.4 is 10.2 Å². The number of hydrogen-bond acceptors (Lipinski definition) is 6. The van der Waals surface area contributed by atoms with Gasteiger partial charge in [-0.1, -0.05) is 30.3 Å². The minimum Gasteiger partial charge on any atom is -0.394 e. The molecule has 2 amide bonds. The molecule has 2 aliphatic rings. The SMILES string of the molecule is O=C(C(CO)NC(=O)C1(c2ccccc2)CC1)N1CCN(c2ncccn2)CC1. The summed E-state index contributed by atoms with van der Waals surface area (Å²) in [5.41, 5.74) is 0.385. The molecule has 0 radical (unpaired) electrons. The first-order valence-electron chi connectivity index (χ1n) is 9.92. The highest BCUT2D eigenvalue weighted by Gasteiger charge is 2.52. The van der Waals surface area contributed by atoms with Crippen LogP contribution in [0.25, 0.3) is 0 Å². The number of aliphatic hydroxyl groups is 1. The molecule has 2 N–H and O–H groups in total. The highest BCUT2D eigenvalue weighted by atomic mass is 16.3. The number of aromatic nitrogens is 2. The smallest absolute Gasteiger partial charge is 0.247 e. The van der Waals surface area contributed by atoms with Crippen molar-refractivity contribution in [1.29, 1.82) is 0 Å². The van der Waals surface area contributed by atoms with Gasteiger partial charge in [-0.05, 0) is 24.5 Å². The summed E-state index contributed by atoms with van der Waals surface area (Å²) in [5.74, 6) is 0.205. The second kappa shape index (κ2) is 8.16. The summed E-state index contributed by atoms with van der Waals surface area (Å²) in [7, 11) is 0. The summed E-state index contributed by atoms with van der Waals surface area (Å²) < 4.78 is 0. The molecule has 8 heteroatoms. The number of rotatable bonds is 6. The molecule has 8 nitrogen and oxygen atoms in total. The average Bonchev–Trinajstić information content (AvgIpc) is 3.60. The van der Waals surface area contributed by atoms with Crippen molar-refractivity contribution in [3.8, 4) is 0 Å². The van der Waals surface area contributed by atoms with Crippen LogP contribution in [0.4, 0.5) is 5.95 Å². The number of amides is 2. The molecule has 1 saturated heterocycles. The predicted molar refractivity (Wildman–Crippen MR) is 107 cm³/mol. The maximum atomic E-state index is 12.9. The number of hydrogen-bond donors (Lipinski definition) is 2. The third-order valence-electron chi connectivity index (χ3n) is 5.72. The average molecular weight is 395 g/mol. The Balaban J connectivity index is 1.36. The summed E-state index contributed by atoms with van der Waals surface area (Å²) in [5, 5.41) is 12.6.